The second kappa shape index (κ2) is 11.0. The molecule has 0 amide bonds. The van der Waals surface area contributed by atoms with Gasteiger partial charge in [-0.05, 0) is 37.4 Å². The van der Waals surface area contributed by atoms with Crippen LogP contribution in [0.2, 0.25) is 0 Å². The van der Waals surface area contributed by atoms with E-state index in [9.17, 15) is 0 Å². The maximum Gasteiger partial charge on any atom is 0.0291 e. The van der Waals surface area contributed by atoms with E-state index in [0.29, 0.717) is 6.04 Å². The fourth-order valence-corrected chi connectivity index (χ4v) is 2.14. The van der Waals surface area contributed by atoms with E-state index in [-0.39, 0.29) is 6.04 Å². The van der Waals surface area contributed by atoms with Gasteiger partial charge in [0.1, 0.15) is 0 Å². The Morgan fingerprint density at radius 3 is 1.70 bits per heavy atom. The van der Waals surface area contributed by atoms with Gasteiger partial charge < -0.3 is 11.1 Å². The molecule has 0 radical (unpaired) electrons. The van der Waals surface area contributed by atoms with Crippen LogP contribution in [0.3, 0.4) is 0 Å². The molecule has 0 bridgehead atoms. The summed E-state index contributed by atoms with van der Waals surface area (Å²) < 4.78 is 0. The highest BCUT2D eigenvalue weighted by Gasteiger charge is 2.05. The first-order chi connectivity index (χ1) is 11.0. The molecular weight excluding hydrogens is 280 g/mol. The van der Waals surface area contributed by atoms with Crippen molar-refractivity contribution in [1.29, 1.82) is 0 Å². The number of benzene rings is 2. The topological polar surface area (TPSA) is 38.0 Å². The maximum atomic E-state index is 5.61. The van der Waals surface area contributed by atoms with Gasteiger partial charge in [-0.2, -0.15) is 0 Å². The third kappa shape index (κ3) is 7.96. The third-order valence-electron chi connectivity index (χ3n) is 4.09. The minimum atomic E-state index is 0.159. The van der Waals surface area contributed by atoms with Crippen molar-refractivity contribution >= 4 is 0 Å². The minimum absolute atomic E-state index is 0.159. The van der Waals surface area contributed by atoms with E-state index in [4.69, 9.17) is 5.73 Å². The zero-order valence-corrected chi connectivity index (χ0v) is 15.0. The molecule has 1 unspecified atom stereocenters. The minimum Gasteiger partial charge on any atom is -0.324 e. The molecule has 0 spiro atoms. The molecular formula is C21H32N2. The largest absolute Gasteiger partial charge is 0.324 e. The average molecular weight is 313 g/mol. The maximum absolute atomic E-state index is 5.61. The zero-order chi connectivity index (χ0) is 17.1. The van der Waals surface area contributed by atoms with Crippen molar-refractivity contribution in [2.45, 2.75) is 46.2 Å². The molecule has 126 valence electrons. The van der Waals surface area contributed by atoms with Gasteiger partial charge in [0.05, 0.1) is 0 Å². The van der Waals surface area contributed by atoms with Crippen molar-refractivity contribution in [3.63, 3.8) is 0 Å². The molecule has 0 saturated carbocycles. The Balaban J connectivity index is 0.000000253. The Morgan fingerprint density at radius 1 is 0.826 bits per heavy atom. The molecule has 3 atom stereocenters. The van der Waals surface area contributed by atoms with Gasteiger partial charge in [-0.1, -0.05) is 80.9 Å². The van der Waals surface area contributed by atoms with Gasteiger partial charge >= 0.3 is 0 Å². The van der Waals surface area contributed by atoms with Crippen molar-refractivity contribution in [1.82, 2.24) is 5.32 Å². The van der Waals surface area contributed by atoms with Gasteiger partial charge in [0, 0.05) is 12.1 Å². The lowest BCUT2D eigenvalue weighted by atomic mass is 10.1. The van der Waals surface area contributed by atoms with Crippen molar-refractivity contribution in [2.75, 3.05) is 6.54 Å². The summed E-state index contributed by atoms with van der Waals surface area (Å²) in [5, 5.41) is 3.55. The van der Waals surface area contributed by atoms with Crippen molar-refractivity contribution in [2.24, 2.45) is 11.7 Å². The summed E-state index contributed by atoms with van der Waals surface area (Å²) in [7, 11) is 0. The molecule has 2 heteroatoms. The summed E-state index contributed by atoms with van der Waals surface area (Å²) in [6, 6.07) is 21.3. The first-order valence-corrected chi connectivity index (χ1v) is 8.63. The number of rotatable bonds is 6. The average Bonchev–Trinajstić information content (AvgIpc) is 2.61. The van der Waals surface area contributed by atoms with E-state index in [0.717, 1.165) is 12.5 Å². The fraction of sp³-hybridized carbons (Fsp3) is 0.429. The van der Waals surface area contributed by atoms with Crippen LogP contribution in [0.4, 0.5) is 0 Å². The summed E-state index contributed by atoms with van der Waals surface area (Å²) >= 11 is 0. The second-order valence-electron chi connectivity index (χ2n) is 6.25. The SMILES string of the molecule is CCC(C)CN[C@@H](C)c1ccccc1.C[C@H](N)c1ccccc1. The van der Waals surface area contributed by atoms with E-state index in [1.54, 1.807) is 0 Å². The Morgan fingerprint density at radius 2 is 1.30 bits per heavy atom. The molecule has 23 heavy (non-hydrogen) atoms. The van der Waals surface area contributed by atoms with Gasteiger partial charge in [0.2, 0.25) is 0 Å². The molecule has 0 aliphatic carbocycles. The van der Waals surface area contributed by atoms with Crippen LogP contribution in [0, 0.1) is 5.92 Å². The molecule has 3 N–H and O–H groups in total. The smallest absolute Gasteiger partial charge is 0.0291 e. The molecule has 0 fully saturated rings. The monoisotopic (exact) mass is 312 g/mol. The van der Waals surface area contributed by atoms with Gasteiger partial charge in [-0.3, -0.25) is 0 Å². The third-order valence-corrected chi connectivity index (χ3v) is 4.09. The first-order valence-electron chi connectivity index (χ1n) is 8.63. The van der Waals surface area contributed by atoms with Gasteiger partial charge in [0.25, 0.3) is 0 Å². The predicted octanol–water partition coefficient (Wildman–Crippen LogP) is 5.09. The lowest BCUT2D eigenvalue weighted by Gasteiger charge is -2.16. The molecule has 0 aliphatic heterocycles. The van der Waals surface area contributed by atoms with Crippen LogP contribution in [0.25, 0.3) is 0 Å². The van der Waals surface area contributed by atoms with Crippen molar-refractivity contribution in [3.05, 3.63) is 71.8 Å². The van der Waals surface area contributed by atoms with Gasteiger partial charge in [-0.25, -0.2) is 0 Å². The standard InChI is InChI=1S/C13H21N.C8H11N/c1-4-11(2)10-14-12(3)13-8-6-5-7-9-13;1-7(9)8-5-3-2-4-6-8/h5-9,11-12,14H,4,10H2,1-3H3;2-7H,9H2,1H3/t11?,12-;7-/m00/s1. The highest BCUT2D eigenvalue weighted by Crippen LogP contribution is 2.11. The lowest BCUT2D eigenvalue weighted by Crippen LogP contribution is -2.24. The molecule has 0 saturated heterocycles. The molecule has 2 nitrogen and oxygen atoms in total. The van der Waals surface area contributed by atoms with Crippen LogP contribution in [0.1, 0.15) is 57.3 Å². The van der Waals surface area contributed by atoms with E-state index in [1.165, 1.54) is 17.5 Å². The van der Waals surface area contributed by atoms with Crippen LogP contribution < -0.4 is 11.1 Å². The van der Waals surface area contributed by atoms with Crippen LogP contribution in [0.5, 0.6) is 0 Å². The Hall–Kier alpha value is -1.64. The zero-order valence-electron chi connectivity index (χ0n) is 15.0. The molecule has 0 aliphatic rings. The first kappa shape index (κ1) is 19.4. The number of hydrogen-bond acceptors (Lipinski definition) is 2. The van der Waals surface area contributed by atoms with Crippen LogP contribution in [-0.2, 0) is 0 Å². The quantitative estimate of drug-likeness (QED) is 0.779. The highest BCUT2D eigenvalue weighted by molar-refractivity contribution is 5.18. The lowest BCUT2D eigenvalue weighted by molar-refractivity contribution is 0.461. The second-order valence-corrected chi connectivity index (χ2v) is 6.25. The number of hydrogen-bond donors (Lipinski definition) is 2. The number of nitrogens with one attached hydrogen (secondary N) is 1. The summed E-state index contributed by atoms with van der Waals surface area (Å²) in [6.07, 6.45) is 1.24. The molecule has 0 aromatic heterocycles. The van der Waals surface area contributed by atoms with E-state index in [1.807, 2.05) is 37.3 Å². The molecule has 2 aromatic rings. The van der Waals surface area contributed by atoms with Crippen molar-refractivity contribution in [3.8, 4) is 0 Å². The van der Waals surface area contributed by atoms with Gasteiger partial charge in [0.15, 0.2) is 0 Å². The normalized spacial score (nSPS) is 14.3. The summed E-state index contributed by atoms with van der Waals surface area (Å²) in [4.78, 5) is 0. The van der Waals surface area contributed by atoms with E-state index < -0.39 is 0 Å². The molecule has 0 heterocycles. The van der Waals surface area contributed by atoms with E-state index in [2.05, 4.69) is 56.4 Å². The highest BCUT2D eigenvalue weighted by atomic mass is 14.9. The summed E-state index contributed by atoms with van der Waals surface area (Å²) in [5.41, 5.74) is 8.18. The van der Waals surface area contributed by atoms with Crippen LogP contribution in [-0.4, -0.2) is 6.54 Å². The van der Waals surface area contributed by atoms with Gasteiger partial charge in [-0.15, -0.1) is 0 Å². The molecule has 2 aromatic carbocycles. The Bertz CT molecular complexity index is 508. The summed E-state index contributed by atoms with van der Waals surface area (Å²) in [6.45, 7) is 9.82. The molecule has 2 rings (SSSR count). The predicted molar refractivity (Wildman–Crippen MR) is 101 cm³/mol. The number of nitrogens with two attached hydrogens (primary N) is 1. The van der Waals surface area contributed by atoms with Crippen LogP contribution in [0.15, 0.2) is 60.7 Å². The Labute approximate surface area is 142 Å². The fourth-order valence-electron chi connectivity index (χ4n) is 2.14. The van der Waals surface area contributed by atoms with Crippen LogP contribution >= 0.6 is 0 Å². The van der Waals surface area contributed by atoms with E-state index >= 15 is 0 Å². The van der Waals surface area contributed by atoms with Crippen molar-refractivity contribution < 1.29 is 0 Å². The summed E-state index contributed by atoms with van der Waals surface area (Å²) in [5.74, 6) is 0.765. The Kier molecular flexibility index (Phi) is 9.27.